The number of aromatic nitrogens is 3. The fraction of sp³-hybridized carbons (Fsp3) is 0.0909. The van der Waals surface area contributed by atoms with Crippen molar-refractivity contribution in [2.45, 2.75) is 6.54 Å². The Morgan fingerprint density at radius 1 is 1.47 bits per heavy atom. The Kier molecular flexibility index (Phi) is 3.42. The Balaban J connectivity index is 1.91. The second kappa shape index (κ2) is 5.07. The summed E-state index contributed by atoms with van der Waals surface area (Å²) in [5.74, 6) is 0.611. The first-order valence-corrected chi connectivity index (χ1v) is 7.30. The predicted octanol–water partition coefficient (Wildman–Crippen LogP) is 3.96. The summed E-state index contributed by atoms with van der Waals surface area (Å²) < 4.78 is 15.4. The Morgan fingerprint density at radius 3 is 3.05 bits per heavy atom. The Morgan fingerprint density at radius 2 is 2.32 bits per heavy atom. The maximum absolute atomic E-state index is 12.9. The zero-order valence-electron chi connectivity index (χ0n) is 9.40. The first-order valence-electron chi connectivity index (χ1n) is 5.31. The number of rotatable bonds is 3. The summed E-state index contributed by atoms with van der Waals surface area (Å²) in [7, 11) is 0. The van der Waals surface area contributed by atoms with E-state index in [0.29, 0.717) is 12.4 Å². The summed E-state index contributed by atoms with van der Waals surface area (Å²) in [5.41, 5.74) is 0.799. The number of nitrogens with zero attached hydrogens (tertiary/aromatic N) is 3. The van der Waals surface area contributed by atoms with Gasteiger partial charge >= 0.3 is 0 Å². The second-order valence-corrected chi connectivity index (χ2v) is 6.15. The minimum atomic E-state index is -0.201. The van der Waals surface area contributed by atoms with Crippen molar-refractivity contribution in [2.75, 3.05) is 5.32 Å². The van der Waals surface area contributed by atoms with Crippen LogP contribution < -0.4 is 5.32 Å². The quantitative estimate of drug-likeness (QED) is 0.768. The van der Waals surface area contributed by atoms with Gasteiger partial charge in [0.05, 0.1) is 6.54 Å². The van der Waals surface area contributed by atoms with Gasteiger partial charge < -0.3 is 5.32 Å². The van der Waals surface area contributed by atoms with Crippen LogP contribution in [0.15, 0.2) is 28.9 Å². The number of anilines is 1. The molecule has 0 saturated heterocycles. The smallest absolute Gasteiger partial charge is 0.243 e. The summed E-state index contributed by atoms with van der Waals surface area (Å²) in [6.45, 7) is 0.486. The number of hydrogen-bond donors (Lipinski definition) is 1. The molecule has 3 heterocycles. The maximum atomic E-state index is 12.9. The molecule has 0 saturated carbocycles. The van der Waals surface area contributed by atoms with Crippen LogP contribution in [0.3, 0.4) is 0 Å². The molecule has 4 nitrogen and oxygen atoms in total. The highest BCUT2D eigenvalue weighted by Gasteiger charge is 2.09. The number of hydrogen-bond acceptors (Lipinski definition) is 4. The van der Waals surface area contributed by atoms with Crippen LogP contribution in [0.1, 0.15) is 4.88 Å². The van der Waals surface area contributed by atoms with Crippen LogP contribution in [-0.2, 0) is 6.54 Å². The van der Waals surface area contributed by atoms with Gasteiger partial charge in [-0.2, -0.15) is 9.37 Å². The molecule has 0 amide bonds. The molecule has 0 radical (unpaired) electrons. The van der Waals surface area contributed by atoms with E-state index in [1.54, 1.807) is 16.8 Å². The monoisotopic (exact) mass is 360 g/mol. The molecule has 0 atom stereocenters. The van der Waals surface area contributed by atoms with Crippen molar-refractivity contribution in [1.29, 1.82) is 0 Å². The van der Waals surface area contributed by atoms with Crippen LogP contribution in [0.25, 0.3) is 5.52 Å². The fourth-order valence-electron chi connectivity index (χ4n) is 1.69. The Labute approximate surface area is 125 Å². The van der Waals surface area contributed by atoms with Crippen LogP contribution >= 0.6 is 38.9 Å². The van der Waals surface area contributed by atoms with E-state index in [9.17, 15) is 4.39 Å². The topological polar surface area (TPSA) is 42.2 Å². The molecule has 0 unspecified atom stereocenters. The Bertz CT molecular complexity index is 741. The average Bonchev–Trinajstić information content (AvgIpc) is 2.91. The second-order valence-electron chi connectivity index (χ2n) is 3.78. The van der Waals surface area contributed by atoms with Crippen molar-refractivity contribution in [2.24, 2.45) is 0 Å². The number of nitrogens with one attached hydrogen (secondary N) is 1. The standard InChI is InChI=1S/C11H7BrClFN4S/c12-6-3-8-10(16-11(13)17-18(8)5-6)15-4-7-1-2-9(14)19-7/h1-3,5H,4H2,(H,15,16,17). The number of fused-ring (bicyclic) bond motifs is 1. The molecular weight excluding hydrogens is 355 g/mol. The molecule has 3 aromatic heterocycles. The van der Waals surface area contributed by atoms with E-state index in [1.165, 1.54) is 6.07 Å². The van der Waals surface area contributed by atoms with Gasteiger partial charge in [-0.25, -0.2) is 4.52 Å². The highest BCUT2D eigenvalue weighted by molar-refractivity contribution is 9.10. The van der Waals surface area contributed by atoms with E-state index >= 15 is 0 Å². The van der Waals surface area contributed by atoms with Crippen LogP contribution in [-0.4, -0.2) is 14.6 Å². The molecule has 3 rings (SSSR count). The zero-order chi connectivity index (χ0) is 13.4. The van der Waals surface area contributed by atoms with E-state index in [2.05, 4.69) is 31.3 Å². The van der Waals surface area contributed by atoms with E-state index in [1.807, 2.05) is 6.07 Å². The zero-order valence-corrected chi connectivity index (χ0v) is 12.6. The highest BCUT2D eigenvalue weighted by atomic mass is 79.9. The van der Waals surface area contributed by atoms with E-state index < -0.39 is 0 Å². The van der Waals surface area contributed by atoms with Crippen molar-refractivity contribution in [1.82, 2.24) is 14.6 Å². The molecule has 98 valence electrons. The van der Waals surface area contributed by atoms with Crippen LogP contribution in [0.5, 0.6) is 0 Å². The lowest BCUT2D eigenvalue weighted by Gasteiger charge is -2.06. The Hall–Kier alpha value is -1.18. The molecule has 1 N–H and O–H groups in total. The van der Waals surface area contributed by atoms with Gasteiger partial charge in [-0.05, 0) is 45.7 Å². The lowest BCUT2D eigenvalue weighted by molar-refractivity contribution is 0.657. The van der Waals surface area contributed by atoms with Crippen molar-refractivity contribution in [3.8, 4) is 0 Å². The summed E-state index contributed by atoms with van der Waals surface area (Å²) in [6.07, 6.45) is 1.79. The summed E-state index contributed by atoms with van der Waals surface area (Å²) >= 11 is 10.3. The average molecular weight is 362 g/mol. The minimum absolute atomic E-state index is 0.149. The van der Waals surface area contributed by atoms with Crippen molar-refractivity contribution < 1.29 is 4.39 Å². The molecular formula is C11H7BrClFN4S. The maximum Gasteiger partial charge on any atom is 0.243 e. The van der Waals surface area contributed by atoms with Crippen molar-refractivity contribution in [3.05, 3.63) is 44.2 Å². The molecule has 0 aliphatic rings. The van der Waals surface area contributed by atoms with Gasteiger partial charge in [-0.3, -0.25) is 0 Å². The molecule has 0 aliphatic heterocycles. The van der Waals surface area contributed by atoms with Crippen LogP contribution in [0.2, 0.25) is 5.28 Å². The molecule has 0 aliphatic carbocycles. The molecule has 0 fully saturated rings. The van der Waals surface area contributed by atoms with Gasteiger partial charge in [0.1, 0.15) is 5.52 Å². The normalized spacial score (nSPS) is 11.1. The van der Waals surface area contributed by atoms with Gasteiger partial charge in [0.2, 0.25) is 5.28 Å². The lowest BCUT2D eigenvalue weighted by atomic mass is 10.4. The number of thiophene rings is 1. The first-order chi connectivity index (χ1) is 9.11. The van der Waals surface area contributed by atoms with Crippen molar-refractivity contribution >= 4 is 50.2 Å². The van der Waals surface area contributed by atoms with Crippen molar-refractivity contribution in [3.63, 3.8) is 0 Å². The summed E-state index contributed by atoms with van der Waals surface area (Å²) in [5, 5.41) is 7.15. The molecule has 19 heavy (non-hydrogen) atoms. The van der Waals surface area contributed by atoms with Gasteiger partial charge in [0.25, 0.3) is 0 Å². The van der Waals surface area contributed by atoms with E-state index in [-0.39, 0.29) is 10.4 Å². The third-order valence-corrected chi connectivity index (χ3v) is 3.93. The van der Waals surface area contributed by atoms with Crippen LogP contribution in [0.4, 0.5) is 10.2 Å². The van der Waals surface area contributed by atoms with Gasteiger partial charge in [0, 0.05) is 15.5 Å². The van der Waals surface area contributed by atoms with Gasteiger partial charge in [-0.15, -0.1) is 16.4 Å². The SMILES string of the molecule is Fc1ccc(CNc2nc(Cl)nn3cc(Br)cc23)s1. The van der Waals surface area contributed by atoms with Gasteiger partial charge in [-0.1, -0.05) is 0 Å². The minimum Gasteiger partial charge on any atom is -0.363 e. The third kappa shape index (κ3) is 2.72. The van der Waals surface area contributed by atoms with Gasteiger partial charge in [0.15, 0.2) is 10.9 Å². The molecule has 0 spiro atoms. The molecule has 0 aromatic carbocycles. The number of halogens is 3. The van der Waals surface area contributed by atoms with E-state index in [0.717, 1.165) is 26.2 Å². The third-order valence-electron chi connectivity index (χ3n) is 2.46. The predicted molar refractivity (Wildman–Crippen MR) is 77.3 cm³/mol. The summed E-state index contributed by atoms with van der Waals surface area (Å²) in [4.78, 5) is 5.03. The molecule has 3 aromatic rings. The van der Waals surface area contributed by atoms with E-state index in [4.69, 9.17) is 11.6 Å². The van der Waals surface area contributed by atoms with Crippen LogP contribution in [0, 0.1) is 5.13 Å². The fourth-order valence-corrected chi connectivity index (χ4v) is 2.93. The molecule has 0 bridgehead atoms. The molecule has 8 heteroatoms. The largest absolute Gasteiger partial charge is 0.363 e. The summed E-state index contributed by atoms with van der Waals surface area (Å²) in [6, 6.07) is 5.06. The lowest BCUT2D eigenvalue weighted by Crippen LogP contribution is -2.04. The highest BCUT2D eigenvalue weighted by Crippen LogP contribution is 2.23. The first kappa shape index (κ1) is 12.8.